The zero-order valence-electron chi connectivity index (χ0n) is 11.3. The highest BCUT2D eigenvalue weighted by atomic mass is 19.2. The summed E-state index contributed by atoms with van der Waals surface area (Å²) in [6, 6.07) is 8.52. The third-order valence-electron chi connectivity index (χ3n) is 3.65. The Morgan fingerprint density at radius 1 is 1.09 bits per heavy atom. The van der Waals surface area contributed by atoms with Crippen molar-refractivity contribution in [2.45, 2.75) is 12.5 Å². The summed E-state index contributed by atoms with van der Waals surface area (Å²) in [6.45, 7) is 0. The SMILES string of the molecule is O=C(O)C1Cc2ccccc2N1C(=O)c1ccc(F)c(F)c1. The first kappa shape index (κ1) is 14.2. The Balaban J connectivity index is 2.05. The molecule has 1 aliphatic heterocycles. The van der Waals surface area contributed by atoms with Crippen LogP contribution in [-0.4, -0.2) is 23.0 Å². The topological polar surface area (TPSA) is 57.6 Å². The molecule has 1 heterocycles. The number of anilines is 1. The van der Waals surface area contributed by atoms with E-state index >= 15 is 0 Å². The minimum absolute atomic E-state index is 0.0955. The van der Waals surface area contributed by atoms with E-state index in [1.807, 2.05) is 0 Å². The van der Waals surface area contributed by atoms with E-state index in [2.05, 4.69) is 0 Å². The van der Waals surface area contributed by atoms with Gasteiger partial charge in [-0.1, -0.05) is 18.2 Å². The molecule has 0 aromatic heterocycles. The molecule has 1 atom stereocenters. The van der Waals surface area contributed by atoms with Crippen LogP contribution in [0.1, 0.15) is 15.9 Å². The molecule has 1 unspecified atom stereocenters. The van der Waals surface area contributed by atoms with Gasteiger partial charge in [-0.3, -0.25) is 9.69 Å². The number of hydrogen-bond donors (Lipinski definition) is 1. The molecule has 0 aliphatic carbocycles. The minimum atomic E-state index is -1.15. The zero-order chi connectivity index (χ0) is 15.9. The van der Waals surface area contributed by atoms with Gasteiger partial charge in [0.05, 0.1) is 0 Å². The van der Waals surface area contributed by atoms with Crippen molar-refractivity contribution in [2.75, 3.05) is 4.90 Å². The monoisotopic (exact) mass is 303 g/mol. The van der Waals surface area contributed by atoms with Crippen molar-refractivity contribution in [2.24, 2.45) is 0 Å². The van der Waals surface area contributed by atoms with Gasteiger partial charge in [0.25, 0.3) is 5.91 Å². The predicted octanol–water partition coefficient (Wildman–Crippen LogP) is 2.62. The molecule has 6 heteroatoms. The van der Waals surface area contributed by atoms with Crippen LogP contribution in [0, 0.1) is 11.6 Å². The normalized spacial score (nSPS) is 16.5. The van der Waals surface area contributed by atoms with E-state index in [-0.39, 0.29) is 12.0 Å². The van der Waals surface area contributed by atoms with E-state index in [4.69, 9.17) is 0 Å². The number of carbonyl (C=O) groups is 2. The van der Waals surface area contributed by atoms with Crippen molar-refractivity contribution < 1.29 is 23.5 Å². The van der Waals surface area contributed by atoms with Crippen molar-refractivity contribution in [1.29, 1.82) is 0 Å². The largest absolute Gasteiger partial charge is 0.480 e. The lowest BCUT2D eigenvalue weighted by molar-refractivity contribution is -0.138. The van der Waals surface area contributed by atoms with Gasteiger partial charge in [-0.2, -0.15) is 0 Å². The van der Waals surface area contributed by atoms with Gasteiger partial charge in [0.1, 0.15) is 6.04 Å². The number of halogens is 2. The second-order valence-corrected chi connectivity index (χ2v) is 4.99. The number of amides is 1. The molecule has 1 amide bonds. The van der Waals surface area contributed by atoms with Crippen molar-refractivity contribution >= 4 is 17.6 Å². The Morgan fingerprint density at radius 3 is 2.50 bits per heavy atom. The van der Waals surface area contributed by atoms with Gasteiger partial charge in [-0.25, -0.2) is 13.6 Å². The molecule has 2 aromatic carbocycles. The van der Waals surface area contributed by atoms with Crippen molar-refractivity contribution in [3.63, 3.8) is 0 Å². The van der Waals surface area contributed by atoms with Gasteiger partial charge in [-0.15, -0.1) is 0 Å². The molecule has 0 saturated carbocycles. The maximum absolute atomic E-state index is 13.3. The fourth-order valence-corrected chi connectivity index (χ4v) is 2.60. The molecule has 1 N–H and O–H groups in total. The third-order valence-corrected chi connectivity index (χ3v) is 3.65. The first-order chi connectivity index (χ1) is 10.5. The van der Waals surface area contributed by atoms with E-state index in [0.717, 1.165) is 28.7 Å². The Hall–Kier alpha value is -2.76. The average molecular weight is 303 g/mol. The second kappa shape index (κ2) is 5.22. The summed E-state index contributed by atoms with van der Waals surface area (Å²) in [7, 11) is 0. The van der Waals surface area contributed by atoms with E-state index in [9.17, 15) is 23.5 Å². The van der Waals surface area contributed by atoms with Crippen LogP contribution >= 0.6 is 0 Å². The number of fused-ring (bicyclic) bond motifs is 1. The maximum atomic E-state index is 13.3. The lowest BCUT2D eigenvalue weighted by Gasteiger charge is -2.22. The Morgan fingerprint density at radius 2 is 1.82 bits per heavy atom. The molecular weight excluding hydrogens is 292 g/mol. The summed E-state index contributed by atoms with van der Waals surface area (Å²) in [5, 5.41) is 9.32. The van der Waals surface area contributed by atoms with E-state index in [1.165, 1.54) is 0 Å². The average Bonchev–Trinajstić information content (AvgIpc) is 2.89. The minimum Gasteiger partial charge on any atom is -0.480 e. The van der Waals surface area contributed by atoms with E-state index in [1.54, 1.807) is 24.3 Å². The number of carboxylic acid groups (broad SMARTS) is 1. The highest BCUT2D eigenvalue weighted by molar-refractivity contribution is 6.10. The molecular formula is C16H11F2NO3. The van der Waals surface area contributed by atoms with Crippen LogP contribution in [0.3, 0.4) is 0 Å². The van der Waals surface area contributed by atoms with Crippen molar-refractivity contribution in [3.8, 4) is 0 Å². The number of carbonyl (C=O) groups excluding carboxylic acids is 1. The highest BCUT2D eigenvalue weighted by Gasteiger charge is 2.38. The number of aliphatic carboxylic acids is 1. The number of benzene rings is 2. The summed E-state index contributed by atoms with van der Waals surface area (Å²) in [5.74, 6) is -4.03. The number of rotatable bonds is 2. The molecule has 22 heavy (non-hydrogen) atoms. The van der Waals surface area contributed by atoms with Crippen LogP contribution in [0.25, 0.3) is 0 Å². The lowest BCUT2D eigenvalue weighted by atomic mass is 10.1. The predicted molar refractivity (Wildman–Crippen MR) is 74.7 cm³/mol. The summed E-state index contributed by atoms with van der Waals surface area (Å²) in [6.07, 6.45) is 0.181. The fraction of sp³-hybridized carbons (Fsp3) is 0.125. The van der Waals surface area contributed by atoms with Gasteiger partial charge in [0.15, 0.2) is 11.6 Å². The van der Waals surface area contributed by atoms with Crippen LogP contribution in [0.15, 0.2) is 42.5 Å². The van der Waals surface area contributed by atoms with Crippen molar-refractivity contribution in [1.82, 2.24) is 0 Å². The van der Waals surface area contributed by atoms with Gasteiger partial charge < -0.3 is 5.11 Å². The van der Waals surface area contributed by atoms with Gasteiger partial charge >= 0.3 is 5.97 Å². The third kappa shape index (κ3) is 2.22. The van der Waals surface area contributed by atoms with Gasteiger partial charge in [0, 0.05) is 17.7 Å². The van der Waals surface area contributed by atoms with Crippen LogP contribution in [-0.2, 0) is 11.2 Å². The number of nitrogens with zero attached hydrogens (tertiary/aromatic N) is 1. The quantitative estimate of drug-likeness (QED) is 0.928. The zero-order valence-corrected chi connectivity index (χ0v) is 11.3. The Labute approximate surface area is 124 Å². The number of carboxylic acids is 1. The molecule has 2 aromatic rings. The molecule has 1 aliphatic rings. The van der Waals surface area contributed by atoms with E-state index in [0.29, 0.717) is 5.69 Å². The highest BCUT2D eigenvalue weighted by Crippen LogP contribution is 2.33. The first-order valence-electron chi connectivity index (χ1n) is 6.58. The first-order valence-corrected chi connectivity index (χ1v) is 6.58. The van der Waals surface area contributed by atoms with Gasteiger partial charge in [-0.05, 0) is 29.8 Å². The molecule has 0 spiro atoms. The van der Waals surface area contributed by atoms with Gasteiger partial charge in [0.2, 0.25) is 0 Å². The van der Waals surface area contributed by atoms with E-state index < -0.39 is 29.6 Å². The van der Waals surface area contributed by atoms with Crippen LogP contribution in [0.2, 0.25) is 0 Å². The van der Waals surface area contributed by atoms with Crippen LogP contribution in [0.5, 0.6) is 0 Å². The molecule has 3 rings (SSSR count). The standard InChI is InChI=1S/C16H11F2NO3/c17-11-6-5-10(7-12(11)18)15(20)19-13-4-2-1-3-9(13)8-14(19)16(21)22/h1-7,14H,8H2,(H,21,22). The summed E-state index contributed by atoms with van der Waals surface area (Å²) < 4.78 is 26.3. The molecule has 4 nitrogen and oxygen atoms in total. The molecule has 0 bridgehead atoms. The van der Waals surface area contributed by atoms with Crippen LogP contribution in [0.4, 0.5) is 14.5 Å². The number of hydrogen-bond acceptors (Lipinski definition) is 2. The summed E-state index contributed by atoms with van der Waals surface area (Å²) in [4.78, 5) is 25.1. The Bertz CT molecular complexity index is 776. The second-order valence-electron chi connectivity index (χ2n) is 4.99. The number of para-hydroxylation sites is 1. The fourth-order valence-electron chi connectivity index (χ4n) is 2.60. The van der Waals surface area contributed by atoms with Crippen molar-refractivity contribution in [3.05, 3.63) is 65.2 Å². The molecule has 0 fully saturated rings. The maximum Gasteiger partial charge on any atom is 0.327 e. The Kier molecular flexibility index (Phi) is 3.36. The van der Waals surface area contributed by atoms with Crippen LogP contribution < -0.4 is 4.90 Å². The smallest absolute Gasteiger partial charge is 0.327 e. The molecule has 112 valence electrons. The lowest BCUT2D eigenvalue weighted by Crippen LogP contribution is -2.42. The summed E-state index contributed by atoms with van der Waals surface area (Å²) >= 11 is 0. The molecule has 0 radical (unpaired) electrons. The summed E-state index contributed by atoms with van der Waals surface area (Å²) in [5.41, 5.74) is 1.11. The molecule has 0 saturated heterocycles.